The molecule has 0 saturated heterocycles. The van der Waals surface area contributed by atoms with Crippen LogP contribution in [0.1, 0.15) is 19.4 Å². The third-order valence-corrected chi connectivity index (χ3v) is 1.77. The molecule has 72 valence electrons. The lowest BCUT2D eigenvalue weighted by atomic mass is 10.1. The van der Waals surface area contributed by atoms with E-state index in [1.54, 1.807) is 6.20 Å². The lowest BCUT2D eigenvalue weighted by molar-refractivity contribution is 0.234. The first-order valence-corrected chi connectivity index (χ1v) is 4.35. The van der Waals surface area contributed by atoms with Crippen molar-refractivity contribution in [3.05, 3.63) is 23.9 Å². The summed E-state index contributed by atoms with van der Waals surface area (Å²) in [5.41, 5.74) is 0.815. The van der Waals surface area contributed by atoms with E-state index in [1.165, 1.54) is 0 Å². The van der Waals surface area contributed by atoms with E-state index in [1.807, 2.05) is 32.9 Å². The lowest BCUT2D eigenvalue weighted by Gasteiger charge is -2.23. The quantitative estimate of drug-likeness (QED) is 0.742. The maximum atomic E-state index is 9.02. The van der Waals surface area contributed by atoms with Crippen molar-refractivity contribution in [2.75, 3.05) is 11.9 Å². The molecule has 0 saturated carbocycles. The van der Waals surface area contributed by atoms with E-state index in [0.717, 1.165) is 11.4 Å². The zero-order valence-corrected chi connectivity index (χ0v) is 8.33. The fourth-order valence-corrected chi connectivity index (χ4v) is 0.928. The second-order valence-corrected chi connectivity index (χ2v) is 3.89. The van der Waals surface area contributed by atoms with Crippen LogP contribution in [0.15, 0.2) is 18.3 Å². The predicted molar refractivity (Wildman–Crippen MR) is 53.8 cm³/mol. The number of nitrogens with one attached hydrogen (secondary N) is 1. The molecule has 1 rings (SSSR count). The Morgan fingerprint density at radius 2 is 2.15 bits per heavy atom. The molecule has 0 unspecified atom stereocenters. The minimum Gasteiger partial charge on any atom is -0.394 e. The van der Waals surface area contributed by atoms with Crippen molar-refractivity contribution in [3.8, 4) is 0 Å². The molecule has 0 fully saturated rings. The summed E-state index contributed by atoms with van der Waals surface area (Å²) < 4.78 is 0. The molecule has 0 aliphatic heterocycles. The molecule has 3 heteroatoms. The fourth-order valence-electron chi connectivity index (χ4n) is 0.928. The van der Waals surface area contributed by atoms with Crippen molar-refractivity contribution in [1.82, 2.24) is 4.98 Å². The Morgan fingerprint density at radius 3 is 2.62 bits per heavy atom. The van der Waals surface area contributed by atoms with Crippen molar-refractivity contribution in [3.63, 3.8) is 0 Å². The highest BCUT2D eigenvalue weighted by atomic mass is 16.3. The number of aromatic nitrogens is 1. The van der Waals surface area contributed by atoms with Gasteiger partial charge in [0.2, 0.25) is 0 Å². The zero-order chi connectivity index (χ0) is 9.90. The van der Waals surface area contributed by atoms with E-state index in [2.05, 4.69) is 10.3 Å². The van der Waals surface area contributed by atoms with E-state index in [4.69, 9.17) is 5.11 Å². The molecule has 13 heavy (non-hydrogen) atoms. The number of aryl methyl sites for hydroxylation is 1. The van der Waals surface area contributed by atoms with Gasteiger partial charge in [-0.3, -0.25) is 0 Å². The summed E-state index contributed by atoms with van der Waals surface area (Å²) >= 11 is 0. The second-order valence-electron chi connectivity index (χ2n) is 3.89. The molecule has 0 radical (unpaired) electrons. The van der Waals surface area contributed by atoms with Gasteiger partial charge in [-0.15, -0.1) is 0 Å². The van der Waals surface area contributed by atoms with Crippen LogP contribution in [-0.4, -0.2) is 22.2 Å². The van der Waals surface area contributed by atoms with Crippen molar-refractivity contribution >= 4 is 5.82 Å². The molecule has 1 aromatic rings. The maximum Gasteiger partial charge on any atom is 0.126 e. The summed E-state index contributed by atoms with van der Waals surface area (Å²) in [5.74, 6) is 0.796. The SMILES string of the molecule is Cc1ccc(NC(C)(C)CO)nc1. The molecule has 0 aromatic carbocycles. The van der Waals surface area contributed by atoms with Crippen LogP contribution in [-0.2, 0) is 0 Å². The largest absolute Gasteiger partial charge is 0.394 e. The van der Waals surface area contributed by atoms with E-state index < -0.39 is 0 Å². The molecular formula is C10H16N2O. The first kappa shape index (κ1) is 9.99. The van der Waals surface area contributed by atoms with Crippen molar-refractivity contribution < 1.29 is 5.11 Å². The Balaban J connectivity index is 2.69. The molecule has 2 N–H and O–H groups in total. The third-order valence-electron chi connectivity index (χ3n) is 1.77. The molecule has 0 bridgehead atoms. The molecule has 1 heterocycles. The van der Waals surface area contributed by atoms with Gasteiger partial charge in [0.05, 0.1) is 12.1 Å². The van der Waals surface area contributed by atoms with Crippen molar-refractivity contribution in [2.45, 2.75) is 26.3 Å². The van der Waals surface area contributed by atoms with Gasteiger partial charge in [-0.1, -0.05) is 6.07 Å². The van der Waals surface area contributed by atoms with Crippen LogP contribution < -0.4 is 5.32 Å². The number of hydrogen-bond acceptors (Lipinski definition) is 3. The molecule has 3 nitrogen and oxygen atoms in total. The topological polar surface area (TPSA) is 45.1 Å². The van der Waals surface area contributed by atoms with Crippen LogP contribution in [0, 0.1) is 6.92 Å². The Hall–Kier alpha value is -1.09. The summed E-state index contributed by atoms with van der Waals surface area (Å²) in [5, 5.41) is 12.2. The van der Waals surface area contributed by atoms with Crippen LogP contribution in [0.5, 0.6) is 0 Å². The fraction of sp³-hybridized carbons (Fsp3) is 0.500. The summed E-state index contributed by atoms with van der Waals surface area (Å²) in [7, 11) is 0. The second kappa shape index (κ2) is 3.75. The van der Waals surface area contributed by atoms with Gasteiger partial charge in [0, 0.05) is 6.20 Å². The molecule has 0 aliphatic carbocycles. The number of aliphatic hydroxyl groups excluding tert-OH is 1. The monoisotopic (exact) mass is 180 g/mol. The van der Waals surface area contributed by atoms with Crippen LogP contribution in [0.2, 0.25) is 0 Å². The summed E-state index contributed by atoms with van der Waals surface area (Å²) in [6.45, 7) is 5.93. The van der Waals surface area contributed by atoms with Crippen LogP contribution in [0.4, 0.5) is 5.82 Å². The first-order valence-electron chi connectivity index (χ1n) is 4.35. The van der Waals surface area contributed by atoms with Crippen LogP contribution in [0.3, 0.4) is 0 Å². The number of rotatable bonds is 3. The Bertz CT molecular complexity index is 267. The average Bonchev–Trinajstić information content (AvgIpc) is 2.09. The number of pyridine rings is 1. The molecule has 0 aliphatic rings. The van der Waals surface area contributed by atoms with Gasteiger partial charge in [-0.25, -0.2) is 4.98 Å². The standard InChI is InChI=1S/C10H16N2O/c1-8-4-5-9(11-6-8)12-10(2,3)7-13/h4-6,13H,7H2,1-3H3,(H,11,12). The summed E-state index contributed by atoms with van der Waals surface area (Å²) in [6.07, 6.45) is 1.80. The highest BCUT2D eigenvalue weighted by Crippen LogP contribution is 2.11. The van der Waals surface area contributed by atoms with Gasteiger partial charge in [-0.2, -0.15) is 0 Å². The van der Waals surface area contributed by atoms with Gasteiger partial charge < -0.3 is 10.4 Å². The highest BCUT2D eigenvalue weighted by Gasteiger charge is 2.15. The number of anilines is 1. The van der Waals surface area contributed by atoms with E-state index in [9.17, 15) is 0 Å². The normalized spacial score (nSPS) is 11.4. The van der Waals surface area contributed by atoms with Gasteiger partial charge in [0.15, 0.2) is 0 Å². The molecule has 0 amide bonds. The van der Waals surface area contributed by atoms with Crippen molar-refractivity contribution in [1.29, 1.82) is 0 Å². The van der Waals surface area contributed by atoms with Gasteiger partial charge in [0.25, 0.3) is 0 Å². The molecular weight excluding hydrogens is 164 g/mol. The summed E-state index contributed by atoms with van der Waals surface area (Å²) in [4.78, 5) is 4.19. The summed E-state index contributed by atoms with van der Waals surface area (Å²) in [6, 6.07) is 3.90. The van der Waals surface area contributed by atoms with Crippen LogP contribution in [0.25, 0.3) is 0 Å². The Labute approximate surface area is 78.8 Å². The van der Waals surface area contributed by atoms with Gasteiger partial charge >= 0.3 is 0 Å². The lowest BCUT2D eigenvalue weighted by Crippen LogP contribution is -2.35. The maximum absolute atomic E-state index is 9.02. The zero-order valence-electron chi connectivity index (χ0n) is 8.33. The molecule has 0 spiro atoms. The number of nitrogens with zero attached hydrogens (tertiary/aromatic N) is 1. The van der Waals surface area contributed by atoms with Crippen molar-refractivity contribution in [2.24, 2.45) is 0 Å². The number of hydrogen-bond donors (Lipinski definition) is 2. The highest BCUT2D eigenvalue weighted by molar-refractivity contribution is 5.37. The first-order chi connectivity index (χ1) is 6.03. The predicted octanol–water partition coefficient (Wildman–Crippen LogP) is 1.57. The van der Waals surface area contributed by atoms with Gasteiger partial charge in [-0.05, 0) is 32.4 Å². The Morgan fingerprint density at radius 1 is 1.46 bits per heavy atom. The third kappa shape index (κ3) is 3.03. The smallest absolute Gasteiger partial charge is 0.126 e. The Kier molecular flexibility index (Phi) is 2.88. The number of aliphatic hydroxyl groups is 1. The average molecular weight is 180 g/mol. The minimum atomic E-state index is -0.317. The molecule has 0 atom stereocenters. The van der Waals surface area contributed by atoms with E-state index in [0.29, 0.717) is 0 Å². The van der Waals surface area contributed by atoms with Crippen LogP contribution >= 0.6 is 0 Å². The molecule has 1 aromatic heterocycles. The van der Waals surface area contributed by atoms with E-state index in [-0.39, 0.29) is 12.1 Å². The van der Waals surface area contributed by atoms with E-state index >= 15 is 0 Å². The van der Waals surface area contributed by atoms with Gasteiger partial charge in [0.1, 0.15) is 5.82 Å². The minimum absolute atomic E-state index is 0.0859.